The average Bonchev–Trinajstić information content (AvgIpc) is 2.37. The first-order valence-corrected chi connectivity index (χ1v) is 8.88. The number of rotatable bonds is 4. The fourth-order valence-electron chi connectivity index (χ4n) is 3.29. The first-order valence-electron chi connectivity index (χ1n) is 7.30. The number of benzene rings is 1. The summed E-state index contributed by atoms with van der Waals surface area (Å²) >= 11 is 7.27. The lowest BCUT2D eigenvalue weighted by Crippen LogP contribution is -2.31. The fraction of sp³-hybridized carbons (Fsp3) is 0.625. The summed E-state index contributed by atoms with van der Waals surface area (Å²) in [6, 6.07) is 7.04. The molecule has 1 fully saturated rings. The molecule has 106 valence electrons. The van der Waals surface area contributed by atoms with Crippen LogP contribution < -0.4 is 5.32 Å². The van der Waals surface area contributed by atoms with Crippen LogP contribution in [0.4, 0.5) is 0 Å². The molecule has 3 heteroatoms. The molecule has 1 nitrogen and oxygen atoms in total. The van der Waals surface area contributed by atoms with Gasteiger partial charge in [0, 0.05) is 15.0 Å². The highest BCUT2D eigenvalue weighted by atomic mass is 79.9. The molecule has 0 spiro atoms. The zero-order chi connectivity index (χ0) is 13.8. The molecule has 0 bridgehead atoms. The minimum absolute atomic E-state index is 0.482. The lowest BCUT2D eigenvalue weighted by atomic mass is 9.76. The highest BCUT2D eigenvalue weighted by Crippen LogP contribution is 2.39. The third-order valence-corrected chi connectivity index (χ3v) is 5.35. The summed E-state index contributed by atoms with van der Waals surface area (Å²) in [6.07, 6.45) is 5.48. The molecule has 2 rings (SSSR count). The van der Waals surface area contributed by atoms with Crippen molar-refractivity contribution in [1.29, 1.82) is 0 Å². The third kappa shape index (κ3) is 4.05. The topological polar surface area (TPSA) is 12.0 Å². The van der Waals surface area contributed by atoms with Gasteiger partial charge >= 0.3 is 0 Å². The van der Waals surface area contributed by atoms with Gasteiger partial charge in [-0.3, -0.25) is 0 Å². The van der Waals surface area contributed by atoms with E-state index in [-0.39, 0.29) is 0 Å². The number of halogens is 2. The summed E-state index contributed by atoms with van der Waals surface area (Å²) in [5.74, 6) is 1.63. The Morgan fingerprint density at radius 3 is 2.74 bits per heavy atom. The maximum absolute atomic E-state index is 3.73. The highest BCUT2D eigenvalue weighted by molar-refractivity contribution is 9.11. The van der Waals surface area contributed by atoms with Crippen LogP contribution in [0.3, 0.4) is 0 Å². The Bertz CT molecular complexity index is 419. The summed E-state index contributed by atoms with van der Waals surface area (Å²) in [6.45, 7) is 5.62. The lowest BCUT2D eigenvalue weighted by molar-refractivity contribution is 0.225. The first kappa shape index (κ1) is 15.5. The van der Waals surface area contributed by atoms with E-state index in [4.69, 9.17) is 0 Å². The molecular formula is C16H23Br2N. The number of nitrogens with one attached hydrogen (secondary N) is 1. The van der Waals surface area contributed by atoms with Gasteiger partial charge in [0.25, 0.3) is 0 Å². The maximum atomic E-state index is 3.73. The zero-order valence-electron chi connectivity index (χ0n) is 11.8. The maximum Gasteiger partial charge on any atom is 0.0359 e. The zero-order valence-corrected chi connectivity index (χ0v) is 14.9. The van der Waals surface area contributed by atoms with Crippen LogP contribution in [0.5, 0.6) is 0 Å². The summed E-state index contributed by atoms with van der Waals surface area (Å²) in [7, 11) is 0. The van der Waals surface area contributed by atoms with Gasteiger partial charge < -0.3 is 5.32 Å². The smallest absolute Gasteiger partial charge is 0.0359 e. The molecular weight excluding hydrogens is 366 g/mol. The van der Waals surface area contributed by atoms with Crippen LogP contribution >= 0.6 is 31.9 Å². The van der Waals surface area contributed by atoms with E-state index in [9.17, 15) is 0 Å². The quantitative estimate of drug-likeness (QED) is 0.698. The first-order chi connectivity index (χ1) is 9.11. The molecule has 3 atom stereocenters. The normalized spacial score (nSPS) is 25.3. The minimum Gasteiger partial charge on any atom is -0.310 e. The summed E-state index contributed by atoms with van der Waals surface area (Å²) < 4.78 is 2.35. The molecule has 1 aromatic rings. The van der Waals surface area contributed by atoms with Crippen LogP contribution in [0.15, 0.2) is 27.1 Å². The fourth-order valence-corrected chi connectivity index (χ4v) is 4.58. The standard InChI is InChI=1S/C16H23Br2N/c1-3-19-16(12-6-4-5-11(2)9-12)14-8-7-13(17)10-15(14)18/h7-8,10-12,16,19H,3-6,9H2,1-2H3. The monoisotopic (exact) mass is 387 g/mol. The van der Waals surface area contributed by atoms with Gasteiger partial charge in [0.15, 0.2) is 0 Å². The van der Waals surface area contributed by atoms with Crippen molar-refractivity contribution in [3.05, 3.63) is 32.7 Å². The van der Waals surface area contributed by atoms with Gasteiger partial charge in [0.1, 0.15) is 0 Å². The SMILES string of the molecule is CCNC(c1ccc(Br)cc1Br)C1CCCC(C)C1. The second-order valence-corrected chi connectivity index (χ2v) is 7.50. The van der Waals surface area contributed by atoms with Gasteiger partial charge in [0.2, 0.25) is 0 Å². The Kier molecular flexibility index (Phi) is 5.91. The van der Waals surface area contributed by atoms with Crippen LogP contribution in [0.25, 0.3) is 0 Å². The van der Waals surface area contributed by atoms with E-state index in [0.29, 0.717) is 6.04 Å². The van der Waals surface area contributed by atoms with Crippen molar-refractivity contribution >= 4 is 31.9 Å². The van der Waals surface area contributed by atoms with Crippen LogP contribution in [0, 0.1) is 11.8 Å². The van der Waals surface area contributed by atoms with Gasteiger partial charge in [0.05, 0.1) is 0 Å². The predicted molar refractivity (Wildman–Crippen MR) is 89.4 cm³/mol. The average molecular weight is 389 g/mol. The van der Waals surface area contributed by atoms with E-state index >= 15 is 0 Å². The summed E-state index contributed by atoms with van der Waals surface area (Å²) in [5, 5.41) is 3.70. The molecule has 1 saturated carbocycles. The van der Waals surface area contributed by atoms with Gasteiger partial charge in [-0.25, -0.2) is 0 Å². The van der Waals surface area contributed by atoms with Crippen molar-refractivity contribution < 1.29 is 0 Å². The van der Waals surface area contributed by atoms with E-state index in [1.165, 1.54) is 35.7 Å². The van der Waals surface area contributed by atoms with Crippen LogP contribution in [-0.2, 0) is 0 Å². The largest absolute Gasteiger partial charge is 0.310 e. The van der Waals surface area contributed by atoms with Gasteiger partial charge in [-0.2, -0.15) is 0 Å². The second kappa shape index (κ2) is 7.24. The molecule has 1 N–H and O–H groups in total. The molecule has 0 saturated heterocycles. The van der Waals surface area contributed by atoms with Crippen molar-refractivity contribution in [2.45, 2.75) is 45.6 Å². The van der Waals surface area contributed by atoms with Crippen LogP contribution in [0.2, 0.25) is 0 Å². The molecule has 0 amide bonds. The molecule has 19 heavy (non-hydrogen) atoms. The van der Waals surface area contributed by atoms with Crippen LogP contribution in [0.1, 0.15) is 51.1 Å². The Labute approximate surface area is 133 Å². The Balaban J connectivity index is 2.23. The molecule has 0 radical (unpaired) electrons. The highest BCUT2D eigenvalue weighted by Gasteiger charge is 2.28. The van der Waals surface area contributed by atoms with E-state index in [0.717, 1.165) is 22.9 Å². The van der Waals surface area contributed by atoms with E-state index in [1.807, 2.05) is 0 Å². The van der Waals surface area contributed by atoms with Crippen LogP contribution in [-0.4, -0.2) is 6.54 Å². The van der Waals surface area contributed by atoms with Gasteiger partial charge in [-0.1, -0.05) is 64.6 Å². The number of hydrogen-bond acceptors (Lipinski definition) is 1. The molecule has 0 aromatic heterocycles. The molecule has 0 heterocycles. The van der Waals surface area contributed by atoms with Crippen molar-refractivity contribution in [1.82, 2.24) is 5.32 Å². The van der Waals surface area contributed by atoms with Crippen molar-refractivity contribution in [3.8, 4) is 0 Å². The molecule has 3 unspecified atom stereocenters. The molecule has 1 aliphatic carbocycles. The molecule has 1 aliphatic rings. The lowest BCUT2D eigenvalue weighted by Gasteiger charge is -2.34. The van der Waals surface area contributed by atoms with Crippen molar-refractivity contribution in [2.24, 2.45) is 11.8 Å². The summed E-state index contributed by atoms with van der Waals surface area (Å²) in [4.78, 5) is 0. The van der Waals surface area contributed by atoms with E-state index < -0.39 is 0 Å². The van der Waals surface area contributed by atoms with E-state index in [1.54, 1.807) is 0 Å². The Morgan fingerprint density at radius 2 is 2.11 bits per heavy atom. The van der Waals surface area contributed by atoms with Gasteiger partial charge in [-0.15, -0.1) is 0 Å². The van der Waals surface area contributed by atoms with Crippen molar-refractivity contribution in [2.75, 3.05) is 6.54 Å². The predicted octanol–water partition coefficient (Wildman–Crippen LogP) is 5.69. The Morgan fingerprint density at radius 1 is 1.32 bits per heavy atom. The molecule has 1 aromatic carbocycles. The number of hydrogen-bond donors (Lipinski definition) is 1. The molecule has 0 aliphatic heterocycles. The second-order valence-electron chi connectivity index (χ2n) is 5.73. The van der Waals surface area contributed by atoms with E-state index in [2.05, 4.69) is 69.2 Å². The van der Waals surface area contributed by atoms with Gasteiger partial charge in [-0.05, 0) is 48.9 Å². The summed E-state index contributed by atoms with van der Waals surface area (Å²) in [5.41, 5.74) is 1.41. The van der Waals surface area contributed by atoms with Crippen molar-refractivity contribution in [3.63, 3.8) is 0 Å². The minimum atomic E-state index is 0.482. The Hall–Kier alpha value is 0.140. The third-order valence-electron chi connectivity index (χ3n) is 4.17.